The molecule has 16 heavy (non-hydrogen) atoms. The average Bonchev–Trinajstić information content (AvgIpc) is 2.30. The van der Waals surface area contributed by atoms with Gasteiger partial charge in [-0.15, -0.1) is 0 Å². The molecular weight excluding hydrogens is 432 g/mol. The number of hydrogen-bond donors (Lipinski definition) is 1. The molecule has 0 saturated heterocycles. The van der Waals surface area contributed by atoms with Crippen molar-refractivity contribution in [3.8, 4) is 0 Å². The molecule has 1 rings (SSSR count). The highest BCUT2D eigenvalue weighted by Crippen LogP contribution is 2.07. The number of nitrogens with one attached hydrogen (secondary N) is 1. The monoisotopic (exact) mass is 445 g/mol. The number of hydrogen-bond acceptors (Lipinski definition) is 3. The maximum Gasteiger partial charge on any atom is 0.319 e. The van der Waals surface area contributed by atoms with Gasteiger partial charge < -0.3 is 10.1 Å². The molecular formula is C11H13I2NO2. The van der Waals surface area contributed by atoms with E-state index >= 15 is 0 Å². The Morgan fingerprint density at radius 3 is 2.62 bits per heavy atom. The minimum absolute atomic E-state index is 0.133. The summed E-state index contributed by atoms with van der Waals surface area (Å²) in [4.78, 5) is 11.1. The van der Waals surface area contributed by atoms with Gasteiger partial charge in [-0.1, -0.05) is 34.7 Å². The second kappa shape index (κ2) is 7.44. The van der Waals surface area contributed by atoms with Gasteiger partial charge >= 0.3 is 5.97 Å². The normalized spacial score (nSPS) is 12.2. The fourth-order valence-electron chi connectivity index (χ4n) is 1.16. The number of rotatable bonds is 5. The molecule has 0 radical (unpaired) electrons. The number of esters is 1. The topological polar surface area (TPSA) is 38.3 Å². The molecule has 3 nitrogen and oxygen atoms in total. The van der Waals surface area contributed by atoms with E-state index in [9.17, 15) is 4.79 Å². The van der Waals surface area contributed by atoms with E-state index in [0.29, 0.717) is 6.54 Å². The van der Waals surface area contributed by atoms with Gasteiger partial charge in [-0.2, -0.15) is 0 Å². The number of ether oxygens (including phenoxy) is 1. The summed E-state index contributed by atoms with van der Waals surface area (Å²) in [6.45, 7) is 1.40. The molecule has 0 amide bonds. The number of halogens is 2. The highest BCUT2D eigenvalue weighted by molar-refractivity contribution is 14.1. The second-order valence-electron chi connectivity index (χ2n) is 3.25. The van der Waals surface area contributed by atoms with E-state index in [1.165, 1.54) is 16.2 Å². The first-order chi connectivity index (χ1) is 7.63. The molecule has 5 heteroatoms. The van der Waals surface area contributed by atoms with Crippen LogP contribution in [0.5, 0.6) is 0 Å². The van der Waals surface area contributed by atoms with E-state index in [1.54, 1.807) is 0 Å². The van der Waals surface area contributed by atoms with E-state index in [2.05, 4.69) is 79.5 Å². The van der Waals surface area contributed by atoms with Crippen molar-refractivity contribution < 1.29 is 9.53 Å². The maximum absolute atomic E-state index is 11.1. The van der Waals surface area contributed by atoms with Crippen LogP contribution in [0.25, 0.3) is 0 Å². The van der Waals surface area contributed by atoms with Crippen LogP contribution in [0.4, 0.5) is 0 Å². The van der Waals surface area contributed by atoms with Gasteiger partial charge in [0.15, 0.2) is 0 Å². The van der Waals surface area contributed by atoms with Crippen LogP contribution >= 0.6 is 45.2 Å². The van der Waals surface area contributed by atoms with Crippen molar-refractivity contribution in [2.24, 2.45) is 0 Å². The second-order valence-corrected chi connectivity index (χ2v) is 6.00. The van der Waals surface area contributed by atoms with Gasteiger partial charge in [0.25, 0.3) is 0 Å². The third kappa shape index (κ3) is 4.96. The Kier molecular flexibility index (Phi) is 6.59. The van der Waals surface area contributed by atoms with Crippen molar-refractivity contribution in [3.63, 3.8) is 0 Å². The van der Waals surface area contributed by atoms with Crippen molar-refractivity contribution in [2.75, 3.05) is 13.7 Å². The van der Waals surface area contributed by atoms with Crippen LogP contribution in [0.15, 0.2) is 24.3 Å². The van der Waals surface area contributed by atoms with Gasteiger partial charge in [-0.05, 0) is 40.3 Å². The van der Waals surface area contributed by atoms with Crippen LogP contribution in [0.1, 0.15) is 5.56 Å². The molecule has 0 aliphatic heterocycles. The molecule has 0 heterocycles. The lowest BCUT2D eigenvalue weighted by atomic mass is 10.2. The zero-order valence-electron chi connectivity index (χ0n) is 8.87. The SMILES string of the molecule is COC(=O)C(I)CNCc1ccc(I)cc1. The molecule has 0 spiro atoms. The van der Waals surface area contributed by atoms with E-state index in [1.807, 2.05) is 0 Å². The summed E-state index contributed by atoms with van der Waals surface area (Å²) in [7, 11) is 1.41. The van der Waals surface area contributed by atoms with Crippen LogP contribution < -0.4 is 5.32 Å². The predicted octanol–water partition coefficient (Wildman–Crippen LogP) is 2.36. The standard InChI is InChI=1S/C11H13I2NO2/c1-16-11(15)10(13)7-14-6-8-2-4-9(12)5-3-8/h2-5,10,14H,6-7H2,1H3. The minimum atomic E-state index is -0.185. The van der Waals surface area contributed by atoms with Crippen molar-refractivity contribution in [1.82, 2.24) is 5.32 Å². The smallest absolute Gasteiger partial charge is 0.319 e. The van der Waals surface area contributed by atoms with Crippen molar-refractivity contribution in [3.05, 3.63) is 33.4 Å². The summed E-state index contributed by atoms with van der Waals surface area (Å²) < 4.78 is 5.73. The Morgan fingerprint density at radius 1 is 1.44 bits per heavy atom. The summed E-state index contributed by atoms with van der Waals surface area (Å²) in [6, 6.07) is 8.29. The lowest BCUT2D eigenvalue weighted by molar-refractivity contribution is -0.139. The Labute approximate surface area is 123 Å². The Hall–Kier alpha value is 0.110. The zero-order chi connectivity index (χ0) is 12.0. The maximum atomic E-state index is 11.1. The molecule has 0 fully saturated rings. The lowest BCUT2D eigenvalue weighted by Crippen LogP contribution is -2.29. The average molecular weight is 445 g/mol. The highest BCUT2D eigenvalue weighted by Gasteiger charge is 2.13. The largest absolute Gasteiger partial charge is 0.468 e. The third-order valence-corrected chi connectivity index (χ3v) is 3.69. The van der Waals surface area contributed by atoms with Gasteiger partial charge in [-0.25, -0.2) is 0 Å². The number of alkyl halides is 1. The summed E-state index contributed by atoms with van der Waals surface area (Å²) in [6.07, 6.45) is 0. The molecule has 0 bridgehead atoms. The van der Waals surface area contributed by atoms with Gasteiger partial charge in [0.1, 0.15) is 3.92 Å². The van der Waals surface area contributed by atoms with Crippen LogP contribution in [0.2, 0.25) is 0 Å². The quantitative estimate of drug-likeness (QED) is 0.430. The fraction of sp³-hybridized carbons (Fsp3) is 0.364. The first-order valence-electron chi connectivity index (χ1n) is 4.80. The molecule has 1 N–H and O–H groups in total. The Balaban J connectivity index is 2.30. The molecule has 1 aromatic carbocycles. The highest BCUT2D eigenvalue weighted by atomic mass is 127. The van der Waals surface area contributed by atoms with Crippen molar-refractivity contribution in [2.45, 2.75) is 10.5 Å². The van der Waals surface area contributed by atoms with Gasteiger partial charge in [-0.3, -0.25) is 4.79 Å². The zero-order valence-corrected chi connectivity index (χ0v) is 13.2. The van der Waals surface area contributed by atoms with Crippen molar-refractivity contribution in [1.29, 1.82) is 0 Å². The van der Waals surface area contributed by atoms with E-state index < -0.39 is 0 Å². The van der Waals surface area contributed by atoms with E-state index in [4.69, 9.17) is 0 Å². The lowest BCUT2D eigenvalue weighted by Gasteiger charge is -2.09. The number of benzene rings is 1. The molecule has 0 aliphatic carbocycles. The fourth-order valence-corrected chi connectivity index (χ4v) is 2.08. The van der Waals surface area contributed by atoms with Crippen LogP contribution in [0, 0.1) is 3.57 Å². The molecule has 1 atom stereocenters. The Morgan fingerprint density at radius 2 is 2.06 bits per heavy atom. The Bertz CT molecular complexity index is 340. The molecule has 1 aromatic rings. The first-order valence-corrected chi connectivity index (χ1v) is 7.13. The number of carbonyl (C=O) groups is 1. The van der Waals surface area contributed by atoms with Crippen LogP contribution in [-0.4, -0.2) is 23.5 Å². The van der Waals surface area contributed by atoms with Gasteiger partial charge in [0, 0.05) is 16.7 Å². The van der Waals surface area contributed by atoms with E-state index in [0.717, 1.165) is 6.54 Å². The van der Waals surface area contributed by atoms with Crippen molar-refractivity contribution >= 4 is 51.2 Å². The van der Waals surface area contributed by atoms with Crippen LogP contribution in [0.3, 0.4) is 0 Å². The van der Waals surface area contributed by atoms with E-state index in [-0.39, 0.29) is 9.89 Å². The molecule has 0 saturated carbocycles. The summed E-state index contributed by atoms with van der Waals surface area (Å²) in [5.41, 5.74) is 1.22. The third-order valence-electron chi connectivity index (χ3n) is 2.02. The molecule has 1 unspecified atom stereocenters. The van der Waals surface area contributed by atoms with Gasteiger partial charge in [0.05, 0.1) is 7.11 Å². The molecule has 88 valence electrons. The van der Waals surface area contributed by atoms with Gasteiger partial charge in [0.2, 0.25) is 0 Å². The number of methoxy groups -OCH3 is 1. The van der Waals surface area contributed by atoms with Crippen LogP contribution in [-0.2, 0) is 16.1 Å². The minimum Gasteiger partial charge on any atom is -0.468 e. The summed E-state index contributed by atoms with van der Waals surface area (Å²) in [5, 5.41) is 3.23. The molecule has 0 aliphatic rings. The molecule has 0 aromatic heterocycles. The number of carbonyl (C=O) groups excluding carboxylic acids is 1. The summed E-state index contributed by atoms with van der Waals surface area (Å²) >= 11 is 4.35. The summed E-state index contributed by atoms with van der Waals surface area (Å²) in [5.74, 6) is -0.185. The first kappa shape index (κ1) is 14.2. The predicted molar refractivity (Wildman–Crippen MR) is 80.7 cm³/mol.